The van der Waals surface area contributed by atoms with Crippen LogP contribution in [0.2, 0.25) is 0 Å². The third-order valence-electron chi connectivity index (χ3n) is 12.2. The van der Waals surface area contributed by atoms with Crippen LogP contribution in [0.3, 0.4) is 0 Å². The highest BCUT2D eigenvalue weighted by atomic mass is 32.2. The number of sulfone groups is 1. The number of benzene rings is 8. The minimum absolute atomic E-state index is 0.0122. The molecule has 440 valence electrons. The van der Waals surface area contributed by atoms with Gasteiger partial charge in [0.15, 0.2) is 11.5 Å². The van der Waals surface area contributed by atoms with E-state index in [1.165, 1.54) is 54.6 Å². The molecule has 0 fully saturated rings. The van der Waals surface area contributed by atoms with E-state index in [4.69, 9.17) is 9.92 Å². The van der Waals surface area contributed by atoms with Gasteiger partial charge in [-0.3, -0.25) is 37.3 Å². The second kappa shape index (κ2) is 23.6. The van der Waals surface area contributed by atoms with Crippen molar-refractivity contribution < 1.29 is 79.3 Å². The topological polar surface area (TPSA) is 470 Å². The maximum atomic E-state index is 13.8. The molecule has 0 spiro atoms. The molecule has 0 saturated heterocycles. The quantitative estimate of drug-likeness (QED) is 0.0137. The Morgan fingerprint density at radius 3 is 1.33 bits per heavy atom. The summed E-state index contributed by atoms with van der Waals surface area (Å²) in [4.78, 5) is 18.4. The lowest BCUT2D eigenvalue weighted by atomic mass is 9.99. The zero-order chi connectivity index (χ0) is 62.1. The number of rotatable bonds is 20. The molecule has 0 aromatic heterocycles. The number of phenolic OH excluding ortho intramolecular Hbond substituents is 2. The van der Waals surface area contributed by atoms with Crippen molar-refractivity contribution in [1.82, 2.24) is 0 Å². The van der Waals surface area contributed by atoms with E-state index in [0.717, 1.165) is 75.9 Å². The summed E-state index contributed by atoms with van der Waals surface area (Å²) in [5.41, 5.74) is 2.68. The molecular formula is C49H39N11O20S5. The first-order valence-electron chi connectivity index (χ1n) is 23.3. The van der Waals surface area contributed by atoms with Crippen LogP contribution < -0.4 is 5.73 Å². The summed E-state index contributed by atoms with van der Waals surface area (Å²) in [7, 11) is -20.6. The zero-order valence-electron chi connectivity index (χ0n) is 43.6. The van der Waals surface area contributed by atoms with Crippen LogP contribution in [0.15, 0.2) is 187 Å². The van der Waals surface area contributed by atoms with Crippen molar-refractivity contribution in [3.05, 3.63) is 153 Å². The largest absolute Gasteiger partial charge is 0.505 e. The Bertz CT molecular complexity index is 4840. The van der Waals surface area contributed by atoms with E-state index < -0.39 is 121 Å². The maximum absolute atomic E-state index is 13.8. The van der Waals surface area contributed by atoms with E-state index in [9.17, 15) is 77.1 Å². The van der Waals surface area contributed by atoms with Crippen molar-refractivity contribution in [2.24, 2.45) is 40.9 Å². The molecule has 31 nitrogen and oxygen atoms in total. The van der Waals surface area contributed by atoms with Crippen molar-refractivity contribution in [3.8, 4) is 11.5 Å². The Morgan fingerprint density at radius 1 is 0.482 bits per heavy atom. The highest BCUT2D eigenvalue weighted by Crippen LogP contribution is 2.48. The first-order valence-corrected chi connectivity index (χ1v) is 30.7. The summed E-state index contributed by atoms with van der Waals surface area (Å²) in [6, 6.07) is 22.3. The van der Waals surface area contributed by atoms with Gasteiger partial charge in [-0.25, -0.2) is 8.42 Å². The number of non-ortho nitro benzene ring substituents is 2. The predicted octanol–water partition coefficient (Wildman–Crippen LogP) is 11.0. The summed E-state index contributed by atoms with van der Waals surface area (Å²) in [5, 5.41) is 77.7. The van der Waals surface area contributed by atoms with Crippen LogP contribution in [-0.4, -0.2) is 88.0 Å². The number of nitrogens with zero attached hydrogens (tertiary/aromatic N) is 10. The number of azo groups is 4. The molecule has 0 radical (unpaired) electrons. The summed E-state index contributed by atoms with van der Waals surface area (Å²) in [6.07, 6.45) is 0. The monoisotopic (exact) mass is 1260 g/mol. The van der Waals surface area contributed by atoms with Crippen molar-refractivity contribution in [2.75, 3.05) is 27.1 Å². The molecule has 0 heterocycles. The average molecular weight is 1260 g/mol. The molecule has 0 amide bonds. The van der Waals surface area contributed by atoms with E-state index in [-0.39, 0.29) is 71.0 Å². The van der Waals surface area contributed by atoms with Crippen molar-refractivity contribution >= 4 is 134 Å². The Kier molecular flexibility index (Phi) is 17.1. The predicted molar refractivity (Wildman–Crippen MR) is 299 cm³/mol. The SMILES string of the molecule is COS(=O)(=O)c1cc([N+](=O)[O-])ccc1N=Nc1ccc(C)c2c(O)c(N=Nc3ccc(S(=O)(=O)c4ccc(N=Nc5c(S(=O)(=O)OC)cc6c(N=Nc7ccc([N+](=O)[O-])cc7S(=O)(=O)OC)ccc(N)c6c5O)cc4)cc3)c(CS(=O)(=O)O)cc12. The number of aromatic hydroxyl groups is 2. The zero-order valence-corrected chi connectivity index (χ0v) is 47.7. The van der Waals surface area contributed by atoms with Crippen LogP contribution in [0.4, 0.5) is 62.6 Å². The first kappa shape index (κ1) is 61.5. The number of nitro groups is 2. The second-order valence-electron chi connectivity index (χ2n) is 17.4. The van der Waals surface area contributed by atoms with Gasteiger partial charge in [0.25, 0.3) is 51.8 Å². The van der Waals surface area contributed by atoms with E-state index in [1.807, 2.05) is 0 Å². The number of anilines is 1. The number of fused-ring (bicyclic) bond motifs is 2. The van der Waals surface area contributed by atoms with Gasteiger partial charge in [0, 0.05) is 51.7 Å². The molecule has 0 saturated carbocycles. The molecule has 8 aromatic carbocycles. The first-order chi connectivity index (χ1) is 39.9. The number of nitrogens with two attached hydrogens (primary N) is 1. The third kappa shape index (κ3) is 12.8. The minimum Gasteiger partial charge on any atom is -0.505 e. The second-order valence-corrected chi connectivity index (χ2v) is 25.9. The van der Waals surface area contributed by atoms with E-state index in [0.29, 0.717) is 17.7 Å². The molecule has 0 aliphatic carbocycles. The molecule has 5 N–H and O–H groups in total. The fourth-order valence-corrected chi connectivity index (χ4v) is 12.4. The highest BCUT2D eigenvalue weighted by Gasteiger charge is 2.29. The molecule has 0 atom stereocenters. The fraction of sp³-hybridized carbons (Fsp3) is 0.102. The summed E-state index contributed by atoms with van der Waals surface area (Å²) < 4.78 is 153. The van der Waals surface area contributed by atoms with Gasteiger partial charge in [0.05, 0.1) is 69.1 Å². The van der Waals surface area contributed by atoms with Crippen molar-refractivity contribution in [2.45, 2.75) is 37.2 Å². The van der Waals surface area contributed by atoms with E-state index in [2.05, 4.69) is 49.3 Å². The molecule has 8 rings (SSSR count). The van der Waals surface area contributed by atoms with Gasteiger partial charge >= 0.3 is 0 Å². The summed E-state index contributed by atoms with van der Waals surface area (Å²) in [5.74, 6) is -2.62. The Balaban J connectivity index is 1.07. The highest BCUT2D eigenvalue weighted by molar-refractivity contribution is 7.91. The lowest BCUT2D eigenvalue weighted by Crippen LogP contribution is -2.04. The van der Waals surface area contributed by atoms with Crippen LogP contribution >= 0.6 is 0 Å². The number of aryl methyl sites for hydroxylation is 1. The van der Waals surface area contributed by atoms with Gasteiger partial charge in [-0.2, -0.15) is 43.9 Å². The van der Waals surface area contributed by atoms with Crippen LogP contribution in [0.25, 0.3) is 21.5 Å². The van der Waals surface area contributed by atoms with Gasteiger partial charge in [-0.15, -0.1) is 30.7 Å². The third-order valence-corrected chi connectivity index (χ3v) is 18.6. The van der Waals surface area contributed by atoms with Crippen LogP contribution in [-0.2, 0) is 68.6 Å². The van der Waals surface area contributed by atoms with E-state index in [1.54, 1.807) is 6.92 Å². The Morgan fingerprint density at radius 2 is 0.882 bits per heavy atom. The maximum Gasteiger partial charge on any atom is 0.299 e. The normalized spacial score (nSPS) is 12.9. The number of nitro benzene ring substituents is 2. The smallest absolute Gasteiger partial charge is 0.299 e. The van der Waals surface area contributed by atoms with Gasteiger partial charge in [0.1, 0.15) is 43.2 Å². The van der Waals surface area contributed by atoms with Crippen molar-refractivity contribution in [3.63, 3.8) is 0 Å². The van der Waals surface area contributed by atoms with Gasteiger partial charge in [0.2, 0.25) is 9.84 Å². The fourth-order valence-electron chi connectivity index (χ4n) is 8.06. The molecule has 8 aromatic rings. The number of hydrogen-bond acceptors (Lipinski definition) is 28. The number of hydrogen-bond donors (Lipinski definition) is 4. The summed E-state index contributed by atoms with van der Waals surface area (Å²) >= 11 is 0. The molecule has 0 unspecified atom stereocenters. The Hall–Kier alpha value is -9.53. The van der Waals surface area contributed by atoms with Crippen LogP contribution in [0, 0.1) is 27.2 Å². The molecule has 0 aliphatic heterocycles. The van der Waals surface area contributed by atoms with Crippen molar-refractivity contribution in [1.29, 1.82) is 0 Å². The average Bonchev–Trinajstić information content (AvgIpc) is 1.58. The molecule has 0 aliphatic rings. The molecule has 85 heavy (non-hydrogen) atoms. The molecule has 36 heteroatoms. The molecule has 0 bridgehead atoms. The lowest BCUT2D eigenvalue weighted by Gasteiger charge is -2.13. The molecular weight excluding hydrogens is 1220 g/mol. The van der Waals surface area contributed by atoms with Gasteiger partial charge in [-0.05, 0) is 103 Å². The van der Waals surface area contributed by atoms with Crippen LogP contribution in [0.1, 0.15) is 11.1 Å². The lowest BCUT2D eigenvalue weighted by molar-refractivity contribution is -0.385. The standard InChI is InChI=1S/C49H39N11O20S5/c1-26-5-17-37(53-55-39-18-10-30(59(63)64)22-41(39)83(72,73)78-2)34-21-27(25-81(67,68)69)46(48(61)44(26)34)57-51-28-6-12-32(13-7-28)82(70,71)33-14-8-29(9-15-33)52-58-47-43(85(76,77)80-4)24-35-38(20-16-36(50)45(35)49(47)62)54-56-40-19-11-31(60(65)66)23-42(40)84(74,75)79-3/h5-24,61-62H,25,50H2,1-4H3,(H,67,68,69). The minimum atomic E-state index is -4.84. The van der Waals surface area contributed by atoms with Gasteiger partial charge < -0.3 is 15.9 Å². The number of nitrogen functional groups attached to an aromatic ring is 1. The summed E-state index contributed by atoms with van der Waals surface area (Å²) in [6.45, 7) is 1.56. The number of phenols is 2. The Labute approximate surface area is 480 Å². The van der Waals surface area contributed by atoms with E-state index >= 15 is 0 Å². The van der Waals surface area contributed by atoms with Gasteiger partial charge in [-0.1, -0.05) is 6.07 Å². The van der Waals surface area contributed by atoms with Crippen LogP contribution in [0.5, 0.6) is 11.5 Å².